The van der Waals surface area contributed by atoms with Gasteiger partial charge in [0.25, 0.3) is 0 Å². The van der Waals surface area contributed by atoms with Crippen molar-refractivity contribution in [3.05, 3.63) is 41.7 Å². The van der Waals surface area contributed by atoms with Crippen LogP contribution in [0.3, 0.4) is 0 Å². The first kappa shape index (κ1) is 13.5. The summed E-state index contributed by atoms with van der Waals surface area (Å²) < 4.78 is 20.6. The van der Waals surface area contributed by atoms with E-state index in [1.165, 1.54) is 32.5 Å². The van der Waals surface area contributed by atoms with Crippen LogP contribution in [0.1, 0.15) is 18.3 Å². The standard InChI is InChI=1S/C13H16FN3O2/c1-13(18,7-11-15-8-16-17(11)2)12-9(14)5-4-6-10(12)19-3/h4-6,8,18H,7H2,1-3H3. The number of rotatable bonds is 4. The zero-order chi connectivity index (χ0) is 14.0. The molecule has 0 aliphatic heterocycles. The lowest BCUT2D eigenvalue weighted by Gasteiger charge is -2.25. The van der Waals surface area contributed by atoms with Gasteiger partial charge in [-0.3, -0.25) is 4.68 Å². The van der Waals surface area contributed by atoms with Crippen LogP contribution in [0.4, 0.5) is 4.39 Å². The molecular formula is C13H16FN3O2. The Balaban J connectivity index is 2.42. The van der Waals surface area contributed by atoms with E-state index in [0.29, 0.717) is 11.6 Å². The Morgan fingerprint density at radius 1 is 1.47 bits per heavy atom. The van der Waals surface area contributed by atoms with Crippen LogP contribution in [0.25, 0.3) is 0 Å². The second-order valence-electron chi connectivity index (χ2n) is 4.57. The van der Waals surface area contributed by atoms with Gasteiger partial charge in [0.05, 0.1) is 12.7 Å². The van der Waals surface area contributed by atoms with E-state index in [-0.39, 0.29) is 12.0 Å². The van der Waals surface area contributed by atoms with Gasteiger partial charge in [-0.2, -0.15) is 5.10 Å². The van der Waals surface area contributed by atoms with E-state index >= 15 is 0 Å². The minimum atomic E-state index is -1.43. The van der Waals surface area contributed by atoms with Gasteiger partial charge in [-0.25, -0.2) is 9.37 Å². The number of aromatic nitrogens is 3. The summed E-state index contributed by atoms with van der Waals surface area (Å²) in [5.41, 5.74) is -1.31. The van der Waals surface area contributed by atoms with Crippen LogP contribution >= 0.6 is 0 Å². The van der Waals surface area contributed by atoms with Crippen LogP contribution in [0.15, 0.2) is 24.5 Å². The van der Waals surface area contributed by atoms with Crippen molar-refractivity contribution in [1.82, 2.24) is 14.8 Å². The highest BCUT2D eigenvalue weighted by Gasteiger charge is 2.32. The highest BCUT2D eigenvalue weighted by Crippen LogP contribution is 2.34. The molecule has 1 heterocycles. The first-order valence-electron chi connectivity index (χ1n) is 5.84. The number of halogens is 1. The molecule has 1 unspecified atom stereocenters. The van der Waals surface area contributed by atoms with Crippen molar-refractivity contribution in [3.8, 4) is 5.75 Å². The van der Waals surface area contributed by atoms with E-state index in [4.69, 9.17) is 4.74 Å². The zero-order valence-corrected chi connectivity index (χ0v) is 11.1. The minimum absolute atomic E-state index is 0.125. The molecule has 19 heavy (non-hydrogen) atoms. The molecule has 0 amide bonds. The molecule has 2 aromatic rings. The van der Waals surface area contributed by atoms with Crippen molar-refractivity contribution in [3.63, 3.8) is 0 Å². The average molecular weight is 265 g/mol. The van der Waals surface area contributed by atoms with Gasteiger partial charge in [-0.1, -0.05) is 6.07 Å². The second kappa shape index (κ2) is 4.97. The molecule has 0 aliphatic carbocycles. The molecular weight excluding hydrogens is 249 g/mol. The summed E-state index contributed by atoms with van der Waals surface area (Å²) in [6.07, 6.45) is 1.53. The highest BCUT2D eigenvalue weighted by molar-refractivity contribution is 5.39. The van der Waals surface area contributed by atoms with Gasteiger partial charge >= 0.3 is 0 Å². The molecule has 102 valence electrons. The van der Waals surface area contributed by atoms with Gasteiger partial charge in [0, 0.05) is 13.5 Å². The highest BCUT2D eigenvalue weighted by atomic mass is 19.1. The Morgan fingerprint density at radius 3 is 2.79 bits per heavy atom. The van der Waals surface area contributed by atoms with Crippen molar-refractivity contribution >= 4 is 0 Å². The normalized spacial score (nSPS) is 14.2. The van der Waals surface area contributed by atoms with Crippen LogP contribution < -0.4 is 4.74 Å². The molecule has 6 heteroatoms. The molecule has 0 spiro atoms. The Labute approximate surface area is 110 Å². The summed E-state index contributed by atoms with van der Waals surface area (Å²) in [6, 6.07) is 4.45. The lowest BCUT2D eigenvalue weighted by atomic mass is 9.91. The summed E-state index contributed by atoms with van der Waals surface area (Å²) in [7, 11) is 3.16. The molecule has 1 aromatic carbocycles. The number of benzene rings is 1. The monoisotopic (exact) mass is 265 g/mol. The van der Waals surface area contributed by atoms with Crippen molar-refractivity contribution < 1.29 is 14.2 Å². The number of aryl methyl sites for hydroxylation is 1. The predicted octanol–water partition coefficient (Wildman–Crippen LogP) is 1.41. The van der Waals surface area contributed by atoms with Gasteiger partial charge in [-0.05, 0) is 19.1 Å². The SMILES string of the molecule is COc1cccc(F)c1C(C)(O)Cc1ncnn1C. The van der Waals surface area contributed by atoms with Gasteiger partial charge in [0.1, 0.15) is 29.3 Å². The van der Waals surface area contributed by atoms with Crippen LogP contribution in [0.5, 0.6) is 5.75 Å². The number of hydrogen-bond donors (Lipinski definition) is 1. The number of hydrogen-bond acceptors (Lipinski definition) is 4. The fourth-order valence-electron chi connectivity index (χ4n) is 2.07. The van der Waals surface area contributed by atoms with E-state index in [2.05, 4.69) is 10.1 Å². The van der Waals surface area contributed by atoms with Gasteiger partial charge in [-0.15, -0.1) is 0 Å². The number of aliphatic hydroxyl groups is 1. The van der Waals surface area contributed by atoms with Crippen LogP contribution in [-0.4, -0.2) is 27.0 Å². The Hall–Kier alpha value is -1.95. The summed E-state index contributed by atoms with van der Waals surface area (Å²) in [6.45, 7) is 1.53. The third-order valence-corrected chi connectivity index (χ3v) is 3.04. The van der Waals surface area contributed by atoms with Gasteiger partial charge in [0.2, 0.25) is 0 Å². The third kappa shape index (κ3) is 2.58. The van der Waals surface area contributed by atoms with Crippen molar-refractivity contribution in [2.75, 3.05) is 7.11 Å². The molecule has 0 aliphatic rings. The largest absolute Gasteiger partial charge is 0.496 e. The molecule has 0 bridgehead atoms. The number of nitrogens with zero attached hydrogens (tertiary/aromatic N) is 3. The maximum absolute atomic E-state index is 14.0. The topological polar surface area (TPSA) is 60.2 Å². The molecule has 0 radical (unpaired) electrons. The van der Waals surface area contributed by atoms with Crippen LogP contribution in [0, 0.1) is 5.82 Å². The molecule has 1 N–H and O–H groups in total. The van der Waals surface area contributed by atoms with Crippen molar-refractivity contribution in [2.45, 2.75) is 18.9 Å². The maximum Gasteiger partial charge on any atom is 0.138 e. The smallest absolute Gasteiger partial charge is 0.138 e. The summed E-state index contributed by atoms with van der Waals surface area (Å²) in [4.78, 5) is 4.04. The van der Waals surface area contributed by atoms with Crippen molar-refractivity contribution in [1.29, 1.82) is 0 Å². The molecule has 1 atom stereocenters. The molecule has 0 saturated carbocycles. The summed E-state index contributed by atoms with van der Waals surface area (Å²) in [5.74, 6) is 0.369. The predicted molar refractivity (Wildman–Crippen MR) is 67.2 cm³/mol. The zero-order valence-electron chi connectivity index (χ0n) is 11.1. The Morgan fingerprint density at radius 2 is 2.21 bits per heavy atom. The average Bonchev–Trinajstić information content (AvgIpc) is 2.73. The lowest BCUT2D eigenvalue weighted by Crippen LogP contribution is -2.28. The number of methoxy groups -OCH3 is 1. The fourth-order valence-corrected chi connectivity index (χ4v) is 2.07. The molecule has 5 nitrogen and oxygen atoms in total. The maximum atomic E-state index is 14.0. The Kier molecular flexibility index (Phi) is 3.53. The van der Waals surface area contributed by atoms with E-state index in [1.807, 2.05) is 0 Å². The van der Waals surface area contributed by atoms with E-state index in [9.17, 15) is 9.50 Å². The molecule has 0 saturated heterocycles. The fraction of sp³-hybridized carbons (Fsp3) is 0.385. The van der Waals surface area contributed by atoms with E-state index < -0.39 is 11.4 Å². The summed E-state index contributed by atoms with van der Waals surface area (Å²) in [5, 5.41) is 14.5. The molecule has 2 rings (SSSR count). The molecule has 0 fully saturated rings. The van der Waals surface area contributed by atoms with Gasteiger partial charge in [0.15, 0.2) is 0 Å². The molecule has 1 aromatic heterocycles. The Bertz CT molecular complexity index is 581. The van der Waals surface area contributed by atoms with Crippen LogP contribution in [-0.2, 0) is 19.1 Å². The second-order valence-corrected chi connectivity index (χ2v) is 4.57. The number of ether oxygens (including phenoxy) is 1. The third-order valence-electron chi connectivity index (χ3n) is 3.04. The van der Waals surface area contributed by atoms with E-state index in [1.54, 1.807) is 17.8 Å². The minimum Gasteiger partial charge on any atom is -0.496 e. The quantitative estimate of drug-likeness (QED) is 0.908. The first-order chi connectivity index (χ1) is 8.95. The summed E-state index contributed by atoms with van der Waals surface area (Å²) >= 11 is 0. The van der Waals surface area contributed by atoms with Crippen molar-refractivity contribution in [2.24, 2.45) is 7.05 Å². The van der Waals surface area contributed by atoms with Crippen LogP contribution in [0.2, 0.25) is 0 Å². The van der Waals surface area contributed by atoms with Gasteiger partial charge < -0.3 is 9.84 Å². The van der Waals surface area contributed by atoms with E-state index in [0.717, 1.165) is 0 Å². The lowest BCUT2D eigenvalue weighted by molar-refractivity contribution is 0.0480. The first-order valence-corrected chi connectivity index (χ1v) is 5.84.